The van der Waals surface area contributed by atoms with E-state index in [9.17, 15) is 9.59 Å². The van der Waals surface area contributed by atoms with E-state index in [4.69, 9.17) is 14.2 Å². The molecular weight excluding hydrogens is 488 g/mol. The van der Waals surface area contributed by atoms with E-state index in [1.54, 1.807) is 20.3 Å². The standard InChI is InChI=1S/C27H36N6O5/c1-4-38-27(35)17-10-12-32(13-11-17)24(25-29-30-31-33(25)19-8-6-5-7-9-19)20-14-18-15-22(36-2)23(37-3)16-21(18)28-26(20)34/h14-17,19,24H,4-13H2,1-3H3,(H,28,34). The summed E-state index contributed by atoms with van der Waals surface area (Å²) in [7, 11) is 3.16. The molecule has 2 aliphatic rings. The number of fused-ring (bicyclic) bond motifs is 1. The van der Waals surface area contributed by atoms with Gasteiger partial charge < -0.3 is 19.2 Å². The lowest BCUT2D eigenvalue weighted by Crippen LogP contribution is -2.42. The van der Waals surface area contributed by atoms with Gasteiger partial charge in [-0.05, 0) is 55.2 Å². The molecule has 0 amide bonds. The van der Waals surface area contributed by atoms with Crippen molar-refractivity contribution in [3.05, 3.63) is 39.9 Å². The molecule has 5 rings (SSSR count). The number of tetrazole rings is 1. The van der Waals surface area contributed by atoms with E-state index in [1.165, 1.54) is 6.42 Å². The second kappa shape index (κ2) is 11.5. The number of likely N-dealkylation sites (tertiary alicyclic amines) is 1. The minimum absolute atomic E-state index is 0.146. The Morgan fingerprint density at radius 3 is 2.45 bits per heavy atom. The first-order valence-corrected chi connectivity index (χ1v) is 13.5. The van der Waals surface area contributed by atoms with E-state index in [-0.39, 0.29) is 23.5 Å². The van der Waals surface area contributed by atoms with Gasteiger partial charge in [-0.3, -0.25) is 14.5 Å². The van der Waals surface area contributed by atoms with E-state index in [1.807, 2.05) is 23.7 Å². The molecule has 0 radical (unpaired) electrons. The van der Waals surface area contributed by atoms with Gasteiger partial charge in [0.2, 0.25) is 0 Å². The van der Waals surface area contributed by atoms with Crippen molar-refractivity contribution in [2.24, 2.45) is 5.92 Å². The summed E-state index contributed by atoms with van der Waals surface area (Å²) in [5.74, 6) is 1.49. The molecule has 204 valence electrons. The highest BCUT2D eigenvalue weighted by Crippen LogP contribution is 2.36. The molecule has 1 aromatic carbocycles. The molecule has 0 spiro atoms. The number of methoxy groups -OCH3 is 2. The third-order valence-corrected chi connectivity index (χ3v) is 7.87. The normalized spacial score (nSPS) is 18.4. The number of pyridine rings is 1. The number of hydrogen-bond acceptors (Lipinski definition) is 9. The van der Waals surface area contributed by atoms with Crippen molar-refractivity contribution in [2.75, 3.05) is 33.9 Å². The largest absolute Gasteiger partial charge is 0.493 e. The highest BCUT2D eigenvalue weighted by molar-refractivity contribution is 5.83. The summed E-state index contributed by atoms with van der Waals surface area (Å²) < 4.78 is 18.1. The van der Waals surface area contributed by atoms with E-state index >= 15 is 0 Å². The van der Waals surface area contributed by atoms with E-state index < -0.39 is 6.04 Å². The van der Waals surface area contributed by atoms with Crippen LogP contribution in [0.3, 0.4) is 0 Å². The van der Waals surface area contributed by atoms with Gasteiger partial charge in [-0.1, -0.05) is 19.3 Å². The van der Waals surface area contributed by atoms with Gasteiger partial charge >= 0.3 is 5.97 Å². The predicted octanol–water partition coefficient (Wildman–Crippen LogP) is 3.40. The van der Waals surface area contributed by atoms with Crippen molar-refractivity contribution in [1.29, 1.82) is 0 Å². The summed E-state index contributed by atoms with van der Waals surface area (Å²) in [5.41, 5.74) is 1.01. The SMILES string of the molecule is CCOC(=O)C1CCN(C(c2cc3cc(OC)c(OC)cc3[nH]c2=O)c2nnnn2C2CCCCC2)CC1. The Balaban J connectivity index is 1.57. The maximum atomic E-state index is 13.6. The Bertz CT molecular complexity index is 1320. The monoisotopic (exact) mass is 524 g/mol. The van der Waals surface area contributed by atoms with E-state index in [0.29, 0.717) is 60.9 Å². The Labute approximate surface area is 221 Å². The van der Waals surface area contributed by atoms with Crippen LogP contribution in [0.5, 0.6) is 11.5 Å². The van der Waals surface area contributed by atoms with Gasteiger partial charge in [-0.25, -0.2) is 4.68 Å². The second-order valence-electron chi connectivity index (χ2n) is 10.1. The maximum absolute atomic E-state index is 13.6. The Hall–Kier alpha value is -3.47. The highest BCUT2D eigenvalue weighted by atomic mass is 16.5. The molecule has 2 aromatic heterocycles. The first-order valence-electron chi connectivity index (χ1n) is 13.5. The van der Waals surface area contributed by atoms with E-state index in [0.717, 1.165) is 31.1 Å². The van der Waals surface area contributed by atoms with Crippen LogP contribution in [0.2, 0.25) is 0 Å². The molecule has 1 atom stereocenters. The zero-order valence-corrected chi connectivity index (χ0v) is 22.3. The summed E-state index contributed by atoms with van der Waals surface area (Å²) in [6, 6.07) is 5.28. The van der Waals surface area contributed by atoms with Gasteiger partial charge in [0, 0.05) is 30.1 Å². The quantitative estimate of drug-likeness (QED) is 0.441. The number of aromatic amines is 1. The molecule has 3 aromatic rings. The molecule has 2 fully saturated rings. The first-order chi connectivity index (χ1) is 18.5. The zero-order chi connectivity index (χ0) is 26.6. The molecule has 3 heterocycles. The molecule has 11 heteroatoms. The number of nitrogens with one attached hydrogen (secondary N) is 1. The fourth-order valence-corrected chi connectivity index (χ4v) is 5.87. The smallest absolute Gasteiger partial charge is 0.309 e. The van der Waals surface area contributed by atoms with Crippen LogP contribution >= 0.6 is 0 Å². The molecule has 1 N–H and O–H groups in total. The van der Waals surface area contributed by atoms with Gasteiger partial charge in [0.15, 0.2) is 17.3 Å². The average molecular weight is 525 g/mol. The molecule has 1 aliphatic heterocycles. The molecule has 1 saturated heterocycles. The number of nitrogens with zero attached hydrogens (tertiary/aromatic N) is 5. The fourth-order valence-electron chi connectivity index (χ4n) is 5.87. The van der Waals surface area contributed by atoms with Gasteiger partial charge in [0.25, 0.3) is 5.56 Å². The van der Waals surface area contributed by atoms with Gasteiger partial charge in [0.1, 0.15) is 6.04 Å². The number of esters is 1. The predicted molar refractivity (Wildman–Crippen MR) is 140 cm³/mol. The van der Waals surface area contributed by atoms with Crippen LogP contribution in [0.4, 0.5) is 0 Å². The minimum Gasteiger partial charge on any atom is -0.493 e. The Kier molecular flexibility index (Phi) is 7.92. The minimum atomic E-state index is -0.462. The van der Waals surface area contributed by atoms with Crippen molar-refractivity contribution >= 4 is 16.9 Å². The topological polar surface area (TPSA) is 124 Å². The number of benzene rings is 1. The molecular formula is C27H36N6O5. The molecule has 1 saturated carbocycles. The number of carbonyl (C=O) groups excluding carboxylic acids is 1. The number of hydrogen-bond donors (Lipinski definition) is 1. The number of rotatable bonds is 8. The number of ether oxygens (including phenoxy) is 3. The third-order valence-electron chi connectivity index (χ3n) is 7.87. The summed E-state index contributed by atoms with van der Waals surface area (Å²) in [6.07, 6.45) is 6.82. The molecule has 1 aliphatic carbocycles. The average Bonchev–Trinajstić information content (AvgIpc) is 3.43. The third kappa shape index (κ3) is 5.11. The lowest BCUT2D eigenvalue weighted by molar-refractivity contribution is -0.149. The van der Waals surface area contributed by atoms with Crippen LogP contribution in [-0.4, -0.2) is 70.0 Å². The van der Waals surface area contributed by atoms with Gasteiger partial charge in [0.05, 0.1) is 38.3 Å². The lowest BCUT2D eigenvalue weighted by atomic mass is 9.93. The highest BCUT2D eigenvalue weighted by Gasteiger charge is 2.36. The van der Waals surface area contributed by atoms with Crippen LogP contribution in [0.25, 0.3) is 10.9 Å². The zero-order valence-electron chi connectivity index (χ0n) is 22.3. The fraction of sp³-hybridized carbons (Fsp3) is 0.593. The number of carbonyl (C=O) groups is 1. The van der Waals surface area contributed by atoms with Crippen molar-refractivity contribution < 1.29 is 19.0 Å². The maximum Gasteiger partial charge on any atom is 0.309 e. The Morgan fingerprint density at radius 2 is 1.76 bits per heavy atom. The van der Waals surface area contributed by atoms with Crippen molar-refractivity contribution in [2.45, 2.75) is 64.0 Å². The van der Waals surface area contributed by atoms with Crippen molar-refractivity contribution in [3.8, 4) is 11.5 Å². The summed E-state index contributed by atoms with van der Waals surface area (Å²) in [6.45, 7) is 3.44. The number of piperidine rings is 1. The van der Waals surface area contributed by atoms with E-state index in [2.05, 4.69) is 25.4 Å². The Morgan fingerprint density at radius 1 is 1.05 bits per heavy atom. The second-order valence-corrected chi connectivity index (χ2v) is 10.1. The van der Waals surface area contributed by atoms with Crippen molar-refractivity contribution in [1.82, 2.24) is 30.1 Å². The van der Waals surface area contributed by atoms with Crippen LogP contribution in [-0.2, 0) is 9.53 Å². The van der Waals surface area contributed by atoms with Crippen LogP contribution < -0.4 is 15.0 Å². The van der Waals surface area contributed by atoms with Crippen LogP contribution in [0.15, 0.2) is 23.0 Å². The summed E-state index contributed by atoms with van der Waals surface area (Å²) in [5, 5.41) is 13.8. The summed E-state index contributed by atoms with van der Waals surface area (Å²) >= 11 is 0. The summed E-state index contributed by atoms with van der Waals surface area (Å²) in [4.78, 5) is 31.3. The molecule has 0 bridgehead atoms. The van der Waals surface area contributed by atoms with Crippen LogP contribution in [0.1, 0.15) is 75.3 Å². The molecule has 11 nitrogen and oxygen atoms in total. The van der Waals surface area contributed by atoms with Crippen LogP contribution in [0, 0.1) is 5.92 Å². The van der Waals surface area contributed by atoms with Gasteiger partial charge in [-0.2, -0.15) is 0 Å². The number of H-pyrrole nitrogens is 1. The first kappa shape index (κ1) is 26.1. The number of aromatic nitrogens is 5. The van der Waals surface area contributed by atoms with Gasteiger partial charge in [-0.15, -0.1) is 5.10 Å². The van der Waals surface area contributed by atoms with Crippen molar-refractivity contribution in [3.63, 3.8) is 0 Å². The lowest BCUT2D eigenvalue weighted by Gasteiger charge is -2.36. The molecule has 1 unspecified atom stereocenters. The molecule has 38 heavy (non-hydrogen) atoms.